The van der Waals surface area contributed by atoms with Crippen molar-refractivity contribution >= 4 is 0 Å². The molecule has 0 bridgehead atoms. The van der Waals surface area contributed by atoms with Crippen LogP contribution >= 0.6 is 0 Å². The monoisotopic (exact) mass is 157 g/mol. The molecule has 66 valence electrons. The molecule has 0 aromatic heterocycles. The van der Waals surface area contributed by atoms with Crippen LogP contribution in [0.1, 0.15) is 26.7 Å². The second-order valence-corrected chi connectivity index (χ2v) is 4.81. The molecule has 0 aromatic rings. The van der Waals surface area contributed by atoms with Crippen LogP contribution in [-0.4, -0.2) is 36.7 Å². The second-order valence-electron chi connectivity index (χ2n) is 4.81. The van der Waals surface area contributed by atoms with Crippen LogP contribution in [0.5, 0.6) is 0 Å². The zero-order chi connectivity index (χ0) is 8.70. The summed E-state index contributed by atoms with van der Waals surface area (Å²) >= 11 is 0. The van der Waals surface area contributed by atoms with Gasteiger partial charge in [0.2, 0.25) is 0 Å². The average molecular weight is 157 g/mol. The SMILES string of the molecule is CC1(C)C(N)CCC[N+]1(C)C. The van der Waals surface area contributed by atoms with Gasteiger partial charge in [-0.1, -0.05) is 0 Å². The maximum Gasteiger partial charge on any atom is 0.108 e. The van der Waals surface area contributed by atoms with Crippen LogP contribution in [0.4, 0.5) is 0 Å². The van der Waals surface area contributed by atoms with Crippen LogP contribution in [0.25, 0.3) is 0 Å². The molecule has 0 saturated carbocycles. The lowest BCUT2D eigenvalue weighted by molar-refractivity contribution is -0.944. The van der Waals surface area contributed by atoms with Gasteiger partial charge in [0.15, 0.2) is 0 Å². The van der Waals surface area contributed by atoms with Crippen molar-refractivity contribution in [2.45, 2.75) is 38.3 Å². The van der Waals surface area contributed by atoms with Gasteiger partial charge in [-0.05, 0) is 26.7 Å². The normalized spacial score (nSPS) is 35.2. The lowest BCUT2D eigenvalue weighted by Crippen LogP contribution is -2.67. The Morgan fingerprint density at radius 3 is 2.27 bits per heavy atom. The number of likely N-dealkylation sites (tertiary alicyclic amines) is 1. The zero-order valence-corrected chi connectivity index (χ0v) is 8.22. The standard InChI is InChI=1S/C9H21N2/c1-9(2)8(10)6-5-7-11(9,3)4/h8H,5-7,10H2,1-4H3/q+1. The van der Waals surface area contributed by atoms with Crippen LogP contribution in [0.3, 0.4) is 0 Å². The smallest absolute Gasteiger partial charge is 0.108 e. The summed E-state index contributed by atoms with van der Waals surface area (Å²) in [5, 5.41) is 0. The van der Waals surface area contributed by atoms with Crippen molar-refractivity contribution in [3.8, 4) is 0 Å². The van der Waals surface area contributed by atoms with Gasteiger partial charge in [0.05, 0.1) is 26.7 Å². The molecule has 1 saturated heterocycles. The third kappa shape index (κ3) is 1.30. The summed E-state index contributed by atoms with van der Waals surface area (Å²) in [6.07, 6.45) is 2.46. The van der Waals surface area contributed by atoms with Crippen LogP contribution < -0.4 is 5.73 Å². The number of rotatable bonds is 0. The van der Waals surface area contributed by atoms with Gasteiger partial charge >= 0.3 is 0 Å². The van der Waals surface area contributed by atoms with Crippen LogP contribution in [0, 0.1) is 0 Å². The summed E-state index contributed by atoms with van der Waals surface area (Å²) in [5.74, 6) is 0. The van der Waals surface area contributed by atoms with E-state index in [0.717, 1.165) is 4.48 Å². The van der Waals surface area contributed by atoms with Crippen molar-refractivity contribution in [2.24, 2.45) is 5.73 Å². The maximum atomic E-state index is 6.07. The number of nitrogens with zero attached hydrogens (tertiary/aromatic N) is 1. The number of quaternary nitrogens is 1. The Balaban J connectivity index is 2.82. The number of nitrogens with two attached hydrogens (primary N) is 1. The summed E-state index contributed by atoms with van der Waals surface area (Å²) in [6.45, 7) is 5.81. The number of piperidine rings is 1. The predicted molar refractivity (Wildman–Crippen MR) is 48.3 cm³/mol. The van der Waals surface area contributed by atoms with Crippen LogP contribution in [0.2, 0.25) is 0 Å². The van der Waals surface area contributed by atoms with E-state index in [1.165, 1.54) is 19.4 Å². The Morgan fingerprint density at radius 1 is 1.36 bits per heavy atom. The van der Waals surface area contributed by atoms with Crippen molar-refractivity contribution in [1.82, 2.24) is 0 Å². The van der Waals surface area contributed by atoms with Crippen molar-refractivity contribution in [1.29, 1.82) is 0 Å². The molecule has 0 amide bonds. The molecule has 1 aliphatic rings. The van der Waals surface area contributed by atoms with Crippen molar-refractivity contribution in [3.63, 3.8) is 0 Å². The van der Waals surface area contributed by atoms with Gasteiger partial charge in [-0.15, -0.1) is 0 Å². The lowest BCUT2D eigenvalue weighted by atomic mass is 9.84. The Kier molecular flexibility index (Phi) is 2.01. The fourth-order valence-electron chi connectivity index (χ4n) is 1.80. The predicted octanol–water partition coefficient (Wildman–Crippen LogP) is 0.962. The molecule has 11 heavy (non-hydrogen) atoms. The molecule has 1 rings (SSSR count). The van der Waals surface area contributed by atoms with E-state index in [-0.39, 0.29) is 5.54 Å². The summed E-state index contributed by atoms with van der Waals surface area (Å²) in [6, 6.07) is 0.367. The Hall–Kier alpha value is -0.0800. The van der Waals surface area contributed by atoms with E-state index in [1.807, 2.05) is 0 Å². The topological polar surface area (TPSA) is 26.0 Å². The molecule has 1 fully saturated rings. The van der Waals surface area contributed by atoms with E-state index in [2.05, 4.69) is 27.9 Å². The van der Waals surface area contributed by atoms with Gasteiger partial charge in [-0.3, -0.25) is 0 Å². The third-order valence-corrected chi connectivity index (χ3v) is 3.70. The van der Waals surface area contributed by atoms with Crippen LogP contribution in [-0.2, 0) is 0 Å². The first kappa shape index (κ1) is 9.01. The molecule has 0 radical (unpaired) electrons. The lowest BCUT2D eigenvalue weighted by Gasteiger charge is -2.51. The molecular weight excluding hydrogens is 136 g/mol. The van der Waals surface area contributed by atoms with Gasteiger partial charge in [-0.25, -0.2) is 0 Å². The molecule has 2 heteroatoms. The molecule has 1 atom stereocenters. The molecule has 1 heterocycles. The summed E-state index contributed by atoms with van der Waals surface area (Å²) in [5.41, 5.74) is 6.32. The fraction of sp³-hybridized carbons (Fsp3) is 1.00. The van der Waals surface area contributed by atoms with E-state index < -0.39 is 0 Å². The van der Waals surface area contributed by atoms with Gasteiger partial charge in [0, 0.05) is 0 Å². The Bertz CT molecular complexity index is 150. The molecule has 2 nitrogen and oxygen atoms in total. The first-order chi connectivity index (χ1) is 4.88. The minimum Gasteiger partial charge on any atom is -0.323 e. The second kappa shape index (κ2) is 2.46. The Morgan fingerprint density at radius 2 is 1.91 bits per heavy atom. The maximum absolute atomic E-state index is 6.07. The quantitative estimate of drug-likeness (QED) is 0.521. The number of hydrogen-bond donors (Lipinski definition) is 1. The van der Waals surface area contributed by atoms with E-state index >= 15 is 0 Å². The first-order valence-corrected chi connectivity index (χ1v) is 4.46. The largest absolute Gasteiger partial charge is 0.323 e. The van der Waals surface area contributed by atoms with E-state index in [9.17, 15) is 0 Å². The third-order valence-electron chi connectivity index (χ3n) is 3.70. The molecule has 2 N–H and O–H groups in total. The molecule has 1 unspecified atom stereocenters. The average Bonchev–Trinajstić information content (AvgIpc) is 1.84. The van der Waals surface area contributed by atoms with Crippen LogP contribution in [0.15, 0.2) is 0 Å². The minimum absolute atomic E-state index is 0.248. The highest BCUT2D eigenvalue weighted by atomic mass is 15.4. The molecular formula is C9H21N2+. The molecule has 0 aromatic carbocycles. The Labute approximate surface area is 70.0 Å². The minimum atomic E-state index is 0.248. The van der Waals surface area contributed by atoms with Gasteiger partial charge < -0.3 is 10.2 Å². The summed E-state index contributed by atoms with van der Waals surface area (Å²) in [7, 11) is 4.55. The van der Waals surface area contributed by atoms with Crippen molar-refractivity contribution in [2.75, 3.05) is 20.6 Å². The summed E-state index contributed by atoms with van der Waals surface area (Å²) in [4.78, 5) is 0. The number of likely N-dealkylation sites (N-methyl/N-ethyl adjacent to an activating group) is 1. The van der Waals surface area contributed by atoms with E-state index in [1.54, 1.807) is 0 Å². The fourth-order valence-corrected chi connectivity index (χ4v) is 1.80. The van der Waals surface area contributed by atoms with Gasteiger partial charge in [0.1, 0.15) is 5.54 Å². The van der Waals surface area contributed by atoms with Gasteiger partial charge in [-0.2, -0.15) is 0 Å². The molecule has 0 spiro atoms. The van der Waals surface area contributed by atoms with E-state index in [4.69, 9.17) is 5.73 Å². The first-order valence-electron chi connectivity index (χ1n) is 4.46. The highest BCUT2D eigenvalue weighted by molar-refractivity contribution is 4.86. The van der Waals surface area contributed by atoms with Crippen molar-refractivity contribution in [3.05, 3.63) is 0 Å². The summed E-state index contributed by atoms with van der Waals surface area (Å²) < 4.78 is 1.06. The number of hydrogen-bond acceptors (Lipinski definition) is 1. The zero-order valence-electron chi connectivity index (χ0n) is 8.22. The highest BCUT2D eigenvalue weighted by Gasteiger charge is 2.44. The molecule has 1 aliphatic heterocycles. The van der Waals surface area contributed by atoms with E-state index in [0.29, 0.717) is 6.04 Å². The molecule has 0 aliphatic carbocycles. The highest BCUT2D eigenvalue weighted by Crippen LogP contribution is 2.30. The van der Waals surface area contributed by atoms with Gasteiger partial charge in [0.25, 0.3) is 0 Å². The van der Waals surface area contributed by atoms with Crippen molar-refractivity contribution < 1.29 is 4.48 Å².